The summed E-state index contributed by atoms with van der Waals surface area (Å²) in [7, 11) is 0. The van der Waals surface area contributed by atoms with Crippen LogP contribution in [0, 0.1) is 0 Å². The fraction of sp³-hybridized carbons (Fsp3) is 0. The minimum Gasteiger partial charge on any atom is -0.311 e. The van der Waals surface area contributed by atoms with E-state index in [0.29, 0.717) is 0 Å². The van der Waals surface area contributed by atoms with E-state index < -0.39 is 0 Å². The summed E-state index contributed by atoms with van der Waals surface area (Å²) < 4.78 is 2.49. The van der Waals surface area contributed by atoms with Crippen LogP contribution in [0.1, 0.15) is 0 Å². The molecule has 0 fully saturated rings. The Morgan fingerprint density at radius 3 is 1.65 bits per heavy atom. The minimum atomic E-state index is 1.12. The van der Waals surface area contributed by atoms with Gasteiger partial charge < -0.3 is 9.47 Å². The van der Waals surface area contributed by atoms with Crippen LogP contribution in [0.15, 0.2) is 170 Å². The first-order chi connectivity index (χ1) is 22.8. The molecule has 10 aromatic rings. The van der Waals surface area contributed by atoms with Gasteiger partial charge in [0.15, 0.2) is 0 Å². The van der Waals surface area contributed by atoms with Gasteiger partial charge in [0.05, 0.1) is 16.7 Å². The fourth-order valence-corrected chi connectivity index (χ4v) is 7.75. The first-order valence-corrected chi connectivity index (χ1v) is 15.9. The molecule has 0 unspecified atom stereocenters. The van der Waals surface area contributed by atoms with Crippen molar-refractivity contribution in [2.75, 3.05) is 4.90 Å². The topological polar surface area (TPSA) is 8.17 Å². The summed E-state index contributed by atoms with van der Waals surface area (Å²) in [4.78, 5) is 2.31. The van der Waals surface area contributed by atoms with Crippen LogP contribution in [0.25, 0.3) is 70.9 Å². The molecule has 1 aromatic heterocycles. The molecule has 0 spiro atoms. The Balaban J connectivity index is 1.19. The lowest BCUT2D eigenvalue weighted by Crippen LogP contribution is -2.09. The van der Waals surface area contributed by atoms with Gasteiger partial charge in [0.25, 0.3) is 0 Å². The summed E-state index contributed by atoms with van der Waals surface area (Å²) in [5.41, 5.74) is 9.47. The molecular formula is C44H28N2. The molecule has 0 atom stereocenters. The molecule has 10 rings (SSSR count). The molecule has 0 bridgehead atoms. The number of fused-ring (bicyclic) bond motifs is 1. The molecule has 9 aromatic carbocycles. The molecule has 0 aliphatic heterocycles. The first kappa shape index (κ1) is 25.2. The van der Waals surface area contributed by atoms with E-state index in [1.54, 1.807) is 0 Å². The third-order valence-corrected chi connectivity index (χ3v) is 9.68. The Morgan fingerprint density at radius 2 is 0.913 bits per heavy atom. The molecule has 0 aliphatic rings. The van der Waals surface area contributed by atoms with Gasteiger partial charge in [0.2, 0.25) is 0 Å². The lowest BCUT2D eigenvalue weighted by molar-refractivity contribution is 1.18. The van der Waals surface area contributed by atoms with E-state index in [0.717, 1.165) is 17.1 Å². The molecule has 0 radical (unpaired) electrons. The number of hydrogen-bond acceptors (Lipinski definition) is 1. The standard InChI is InChI=1S/C44H28N2/c1-3-12-32(13-4-1)45(33-14-5-2-6-15-33)34-26-23-29(24-27-34)35-16-7-8-19-38(35)46-39-20-10-18-37-36-17-9-11-30-21-22-31-25-28-40(46)44(43(37)39)42(31)41(30)36/h1-28H. The highest BCUT2D eigenvalue weighted by atomic mass is 15.1. The van der Waals surface area contributed by atoms with E-state index in [-0.39, 0.29) is 0 Å². The van der Waals surface area contributed by atoms with Crippen LogP contribution in [0.2, 0.25) is 0 Å². The van der Waals surface area contributed by atoms with Crippen LogP contribution >= 0.6 is 0 Å². The monoisotopic (exact) mass is 584 g/mol. The number of benzene rings is 9. The van der Waals surface area contributed by atoms with E-state index in [1.807, 2.05) is 0 Å². The van der Waals surface area contributed by atoms with Gasteiger partial charge in [-0.15, -0.1) is 0 Å². The maximum Gasteiger partial charge on any atom is 0.0548 e. The van der Waals surface area contributed by atoms with E-state index in [9.17, 15) is 0 Å². The molecule has 1 heterocycles. The van der Waals surface area contributed by atoms with Crippen LogP contribution in [0.5, 0.6) is 0 Å². The van der Waals surface area contributed by atoms with Crippen LogP contribution in [0.3, 0.4) is 0 Å². The molecule has 2 heteroatoms. The van der Waals surface area contributed by atoms with Gasteiger partial charge >= 0.3 is 0 Å². The van der Waals surface area contributed by atoms with E-state index in [2.05, 4.69) is 179 Å². The normalized spacial score (nSPS) is 11.9. The SMILES string of the molecule is c1ccc(N(c2ccccc2)c2ccc(-c3ccccc3-n3c4cccc5c6cccc7ccc8ccc3c(c8c76)c54)cc2)cc1. The van der Waals surface area contributed by atoms with E-state index in [1.165, 1.54) is 70.9 Å². The van der Waals surface area contributed by atoms with Crippen LogP contribution in [-0.4, -0.2) is 4.57 Å². The van der Waals surface area contributed by atoms with Crippen molar-refractivity contribution in [1.29, 1.82) is 0 Å². The third kappa shape index (κ3) is 3.53. The van der Waals surface area contributed by atoms with Gasteiger partial charge in [0, 0.05) is 38.8 Å². The molecule has 46 heavy (non-hydrogen) atoms. The Morgan fingerprint density at radius 1 is 0.348 bits per heavy atom. The van der Waals surface area contributed by atoms with Crippen molar-refractivity contribution in [3.05, 3.63) is 170 Å². The number of rotatable bonds is 5. The summed E-state index contributed by atoms with van der Waals surface area (Å²) in [5, 5.41) is 10.7. The number of para-hydroxylation sites is 3. The molecule has 2 nitrogen and oxygen atoms in total. The van der Waals surface area contributed by atoms with Crippen LogP contribution in [-0.2, 0) is 0 Å². The van der Waals surface area contributed by atoms with Gasteiger partial charge in [-0.25, -0.2) is 0 Å². The number of anilines is 3. The highest BCUT2D eigenvalue weighted by Crippen LogP contribution is 2.47. The van der Waals surface area contributed by atoms with Crippen molar-refractivity contribution in [2.24, 2.45) is 0 Å². The average Bonchev–Trinajstić information content (AvgIpc) is 3.47. The maximum absolute atomic E-state index is 2.49. The van der Waals surface area contributed by atoms with Crippen molar-refractivity contribution in [1.82, 2.24) is 4.57 Å². The zero-order valence-electron chi connectivity index (χ0n) is 25.1. The molecule has 0 amide bonds. The molecule has 0 N–H and O–H groups in total. The zero-order chi connectivity index (χ0) is 30.2. The summed E-state index contributed by atoms with van der Waals surface area (Å²) in [5.74, 6) is 0. The van der Waals surface area contributed by atoms with Crippen molar-refractivity contribution in [2.45, 2.75) is 0 Å². The number of aromatic nitrogens is 1. The Labute approximate surface area is 266 Å². The van der Waals surface area contributed by atoms with Gasteiger partial charge in [-0.1, -0.05) is 115 Å². The van der Waals surface area contributed by atoms with E-state index >= 15 is 0 Å². The molecular weight excluding hydrogens is 556 g/mol. The quantitative estimate of drug-likeness (QED) is 0.144. The van der Waals surface area contributed by atoms with Gasteiger partial charge in [-0.05, 0) is 87.1 Å². The second-order valence-corrected chi connectivity index (χ2v) is 12.1. The largest absolute Gasteiger partial charge is 0.311 e. The number of nitrogens with zero attached hydrogens (tertiary/aromatic N) is 2. The summed E-state index contributed by atoms with van der Waals surface area (Å²) in [6.45, 7) is 0. The predicted octanol–water partition coefficient (Wildman–Crippen LogP) is 12.3. The molecule has 0 saturated heterocycles. The highest BCUT2D eigenvalue weighted by Gasteiger charge is 2.23. The summed E-state index contributed by atoms with van der Waals surface area (Å²) in [6.07, 6.45) is 0. The lowest BCUT2D eigenvalue weighted by Gasteiger charge is -2.25. The highest BCUT2D eigenvalue weighted by molar-refractivity contribution is 6.40. The zero-order valence-corrected chi connectivity index (χ0v) is 25.1. The van der Waals surface area contributed by atoms with Crippen molar-refractivity contribution < 1.29 is 0 Å². The molecule has 0 saturated carbocycles. The Bertz CT molecular complexity index is 2630. The van der Waals surface area contributed by atoms with Crippen molar-refractivity contribution in [3.8, 4) is 16.8 Å². The number of hydrogen-bond donors (Lipinski definition) is 0. The van der Waals surface area contributed by atoms with E-state index in [4.69, 9.17) is 0 Å². The third-order valence-electron chi connectivity index (χ3n) is 9.68. The van der Waals surface area contributed by atoms with Gasteiger partial charge in [-0.2, -0.15) is 0 Å². The molecule has 214 valence electrons. The smallest absolute Gasteiger partial charge is 0.0548 e. The van der Waals surface area contributed by atoms with Crippen LogP contribution < -0.4 is 4.90 Å². The Kier molecular flexibility index (Phi) is 5.31. The van der Waals surface area contributed by atoms with Crippen molar-refractivity contribution in [3.63, 3.8) is 0 Å². The second kappa shape index (κ2) is 9.69. The summed E-state index contributed by atoms with van der Waals surface area (Å²) >= 11 is 0. The van der Waals surface area contributed by atoms with Crippen molar-refractivity contribution >= 4 is 71.2 Å². The average molecular weight is 585 g/mol. The van der Waals surface area contributed by atoms with Crippen LogP contribution in [0.4, 0.5) is 17.1 Å². The Hall–Kier alpha value is -6.12. The first-order valence-electron chi connectivity index (χ1n) is 15.9. The minimum absolute atomic E-state index is 1.12. The van der Waals surface area contributed by atoms with Gasteiger partial charge in [-0.3, -0.25) is 0 Å². The maximum atomic E-state index is 2.49. The molecule has 0 aliphatic carbocycles. The second-order valence-electron chi connectivity index (χ2n) is 12.1. The summed E-state index contributed by atoms with van der Waals surface area (Å²) in [6, 6.07) is 61.7. The predicted molar refractivity (Wildman–Crippen MR) is 196 cm³/mol. The fourth-order valence-electron chi connectivity index (χ4n) is 7.75. The van der Waals surface area contributed by atoms with Gasteiger partial charge in [0.1, 0.15) is 0 Å². The lowest BCUT2D eigenvalue weighted by atomic mass is 9.89.